The van der Waals surface area contributed by atoms with E-state index in [0.717, 1.165) is 7.11 Å². The van der Waals surface area contributed by atoms with E-state index in [1.807, 2.05) is 0 Å². The molecular formula is C7H16O6S. The lowest BCUT2D eigenvalue weighted by Crippen LogP contribution is -2.36. The van der Waals surface area contributed by atoms with Crippen molar-refractivity contribution in [2.75, 3.05) is 32.7 Å². The first-order valence-electron chi connectivity index (χ1n) is 4.06. The predicted molar refractivity (Wildman–Crippen MR) is 49.1 cm³/mol. The van der Waals surface area contributed by atoms with Crippen LogP contribution >= 0.6 is 0 Å². The van der Waals surface area contributed by atoms with E-state index in [-0.39, 0.29) is 12.2 Å². The van der Waals surface area contributed by atoms with Gasteiger partial charge in [-0.3, -0.25) is 4.18 Å². The zero-order chi connectivity index (χ0) is 11.2. The number of aliphatic hydroxyl groups is 3. The molecule has 0 rings (SSSR count). The molecule has 14 heavy (non-hydrogen) atoms. The van der Waals surface area contributed by atoms with Crippen LogP contribution in [-0.4, -0.2) is 56.4 Å². The van der Waals surface area contributed by atoms with Crippen molar-refractivity contribution >= 4 is 10.1 Å². The van der Waals surface area contributed by atoms with Crippen LogP contribution in [0.5, 0.6) is 0 Å². The smallest absolute Gasteiger partial charge is 0.267 e. The van der Waals surface area contributed by atoms with Crippen LogP contribution < -0.4 is 0 Å². The molecule has 0 aliphatic heterocycles. The maximum absolute atomic E-state index is 10.9. The maximum atomic E-state index is 10.9. The van der Waals surface area contributed by atoms with E-state index in [4.69, 9.17) is 15.3 Å². The highest BCUT2D eigenvalue weighted by Gasteiger charge is 2.30. The lowest BCUT2D eigenvalue weighted by molar-refractivity contribution is 0.00337. The van der Waals surface area contributed by atoms with Crippen molar-refractivity contribution in [1.82, 2.24) is 0 Å². The second kappa shape index (κ2) is 5.62. The van der Waals surface area contributed by atoms with Gasteiger partial charge in [-0.1, -0.05) is 0 Å². The normalized spacial score (nSPS) is 13.1. The fourth-order valence-corrected chi connectivity index (χ4v) is 1.66. The van der Waals surface area contributed by atoms with Gasteiger partial charge in [-0.2, -0.15) is 8.42 Å². The highest BCUT2D eigenvalue weighted by Crippen LogP contribution is 2.20. The highest BCUT2D eigenvalue weighted by molar-refractivity contribution is 7.86. The van der Waals surface area contributed by atoms with Gasteiger partial charge in [-0.15, -0.1) is 0 Å². The summed E-state index contributed by atoms with van der Waals surface area (Å²) in [6, 6.07) is 0. The minimum atomic E-state index is -3.62. The molecule has 0 saturated carbocycles. The van der Waals surface area contributed by atoms with E-state index < -0.39 is 35.4 Å². The Hall–Kier alpha value is -0.210. The molecule has 6 nitrogen and oxygen atoms in total. The topological polar surface area (TPSA) is 104 Å². The number of hydrogen-bond acceptors (Lipinski definition) is 6. The second-order valence-corrected chi connectivity index (χ2v) is 5.01. The van der Waals surface area contributed by atoms with Gasteiger partial charge in [0.25, 0.3) is 10.1 Å². The SMILES string of the molecule is COS(=O)(=O)CCC(CO)(CO)CO. The van der Waals surface area contributed by atoms with E-state index in [2.05, 4.69) is 4.18 Å². The summed E-state index contributed by atoms with van der Waals surface area (Å²) in [4.78, 5) is 0. The van der Waals surface area contributed by atoms with Crippen LogP contribution in [0.1, 0.15) is 6.42 Å². The Kier molecular flexibility index (Phi) is 5.53. The summed E-state index contributed by atoms with van der Waals surface area (Å²) in [6.07, 6.45) is -0.0489. The van der Waals surface area contributed by atoms with Crippen molar-refractivity contribution < 1.29 is 27.9 Å². The van der Waals surface area contributed by atoms with Crippen LogP contribution in [0.25, 0.3) is 0 Å². The van der Waals surface area contributed by atoms with Crippen LogP contribution in [0.15, 0.2) is 0 Å². The van der Waals surface area contributed by atoms with Crippen molar-refractivity contribution in [3.63, 3.8) is 0 Å². The third kappa shape index (κ3) is 3.89. The van der Waals surface area contributed by atoms with Crippen LogP contribution in [-0.2, 0) is 14.3 Å². The zero-order valence-electron chi connectivity index (χ0n) is 8.01. The first-order valence-corrected chi connectivity index (χ1v) is 5.64. The average Bonchev–Trinajstić information content (AvgIpc) is 2.21. The summed E-state index contributed by atoms with van der Waals surface area (Å²) < 4.78 is 26.0. The largest absolute Gasteiger partial charge is 0.396 e. The summed E-state index contributed by atoms with van der Waals surface area (Å²) >= 11 is 0. The van der Waals surface area contributed by atoms with Crippen LogP contribution in [0.3, 0.4) is 0 Å². The van der Waals surface area contributed by atoms with Gasteiger partial charge in [0.2, 0.25) is 0 Å². The molecule has 0 bridgehead atoms. The van der Waals surface area contributed by atoms with E-state index in [0.29, 0.717) is 0 Å². The van der Waals surface area contributed by atoms with E-state index >= 15 is 0 Å². The average molecular weight is 228 g/mol. The Morgan fingerprint density at radius 2 is 1.57 bits per heavy atom. The van der Waals surface area contributed by atoms with Gasteiger partial charge in [-0.05, 0) is 6.42 Å². The molecule has 0 spiro atoms. The van der Waals surface area contributed by atoms with Crippen molar-refractivity contribution in [2.45, 2.75) is 6.42 Å². The molecule has 0 aromatic heterocycles. The quantitative estimate of drug-likeness (QED) is 0.449. The third-order valence-corrected chi connectivity index (χ3v) is 3.35. The standard InChI is InChI=1S/C7H16O6S/c1-13-14(11,12)3-2-7(4-8,5-9)6-10/h8-10H,2-6H2,1H3. The highest BCUT2D eigenvalue weighted by atomic mass is 32.2. The van der Waals surface area contributed by atoms with Crippen LogP contribution in [0.2, 0.25) is 0 Å². The van der Waals surface area contributed by atoms with Gasteiger partial charge in [0, 0.05) is 5.41 Å². The summed E-state index contributed by atoms with van der Waals surface area (Å²) in [7, 11) is -2.58. The fraction of sp³-hybridized carbons (Fsp3) is 1.00. The Labute approximate surface area is 83.3 Å². The van der Waals surface area contributed by atoms with Gasteiger partial charge in [0.05, 0.1) is 32.7 Å². The van der Waals surface area contributed by atoms with Gasteiger partial charge in [0.1, 0.15) is 0 Å². The summed E-state index contributed by atoms with van der Waals surface area (Å²) in [6.45, 7) is -1.42. The molecule has 0 radical (unpaired) electrons. The Morgan fingerprint density at radius 3 is 1.86 bits per heavy atom. The van der Waals surface area contributed by atoms with E-state index in [1.54, 1.807) is 0 Å². The number of rotatable bonds is 7. The first-order chi connectivity index (χ1) is 6.45. The molecule has 0 aliphatic rings. The Morgan fingerprint density at radius 1 is 1.14 bits per heavy atom. The summed E-state index contributed by atoms with van der Waals surface area (Å²) in [5.74, 6) is -0.342. The van der Waals surface area contributed by atoms with Crippen molar-refractivity contribution in [3.8, 4) is 0 Å². The lowest BCUT2D eigenvalue weighted by atomic mass is 9.88. The molecule has 7 heteroatoms. The minimum Gasteiger partial charge on any atom is -0.396 e. The Balaban J connectivity index is 4.34. The monoisotopic (exact) mass is 228 g/mol. The molecule has 86 valence electrons. The molecule has 0 saturated heterocycles. The molecule has 0 fully saturated rings. The minimum absolute atomic E-state index is 0.0489. The molecule has 3 N–H and O–H groups in total. The Bertz CT molecular complexity index is 235. The van der Waals surface area contributed by atoms with Crippen LogP contribution in [0, 0.1) is 5.41 Å². The maximum Gasteiger partial charge on any atom is 0.267 e. The van der Waals surface area contributed by atoms with Gasteiger partial charge < -0.3 is 15.3 Å². The molecule has 0 heterocycles. The summed E-state index contributed by atoms with van der Waals surface area (Å²) in [5.41, 5.74) is -1.16. The van der Waals surface area contributed by atoms with Crippen molar-refractivity contribution in [2.24, 2.45) is 5.41 Å². The number of aliphatic hydroxyl groups excluding tert-OH is 3. The molecule has 0 aromatic rings. The third-order valence-electron chi connectivity index (χ3n) is 2.14. The van der Waals surface area contributed by atoms with E-state index in [1.165, 1.54) is 0 Å². The molecule has 0 unspecified atom stereocenters. The molecule has 0 aliphatic carbocycles. The molecule has 0 aromatic carbocycles. The lowest BCUT2D eigenvalue weighted by Gasteiger charge is -2.26. The predicted octanol–water partition coefficient (Wildman–Crippen LogP) is -1.68. The van der Waals surface area contributed by atoms with Crippen molar-refractivity contribution in [1.29, 1.82) is 0 Å². The zero-order valence-corrected chi connectivity index (χ0v) is 8.83. The molecule has 0 amide bonds. The van der Waals surface area contributed by atoms with Gasteiger partial charge >= 0.3 is 0 Å². The molecule has 0 atom stereocenters. The number of hydrogen-bond donors (Lipinski definition) is 3. The summed E-state index contributed by atoms with van der Waals surface area (Å²) in [5, 5.41) is 26.7. The van der Waals surface area contributed by atoms with E-state index in [9.17, 15) is 8.42 Å². The van der Waals surface area contributed by atoms with Crippen LogP contribution in [0.4, 0.5) is 0 Å². The van der Waals surface area contributed by atoms with Gasteiger partial charge in [-0.25, -0.2) is 0 Å². The first kappa shape index (κ1) is 13.8. The van der Waals surface area contributed by atoms with Crippen molar-refractivity contribution in [3.05, 3.63) is 0 Å². The molecular weight excluding hydrogens is 212 g/mol. The second-order valence-electron chi connectivity index (χ2n) is 3.15. The fourth-order valence-electron chi connectivity index (χ4n) is 0.812. The van der Waals surface area contributed by atoms with Gasteiger partial charge in [0.15, 0.2) is 0 Å².